The van der Waals surface area contributed by atoms with Crippen molar-refractivity contribution in [2.24, 2.45) is 0 Å². The summed E-state index contributed by atoms with van der Waals surface area (Å²) in [5, 5.41) is 8.64. The molecule has 170 valence electrons. The molecule has 0 rings (SSSR count). The molecule has 0 aromatic carbocycles. The quantitative estimate of drug-likeness (QED) is 0.0323. The normalized spacial score (nSPS) is 13.3. The maximum absolute atomic E-state index is 11.8. The Morgan fingerprint density at radius 1 is 0.828 bits per heavy atom. The molecule has 5 nitrogen and oxygen atoms in total. The summed E-state index contributed by atoms with van der Waals surface area (Å²) >= 11 is 5.50. The van der Waals surface area contributed by atoms with Crippen LogP contribution >= 0.6 is 19.4 Å². The number of phosphoric ester groups is 1. The Hall–Kier alpha value is 1.58. The van der Waals surface area contributed by atoms with E-state index < -0.39 is 7.82 Å². The summed E-state index contributed by atoms with van der Waals surface area (Å²) < 4.78 is 25.4. The van der Waals surface area contributed by atoms with E-state index in [0.717, 1.165) is 12.8 Å². The first-order valence-corrected chi connectivity index (χ1v) is 13.1. The predicted molar refractivity (Wildman–Crippen MR) is 125 cm³/mol. The van der Waals surface area contributed by atoms with Crippen LogP contribution in [0, 0.1) is 0 Å². The van der Waals surface area contributed by atoms with Crippen LogP contribution < -0.4 is 0 Å². The monoisotopic (exact) mass is 480 g/mol. The van der Waals surface area contributed by atoms with Gasteiger partial charge in [0.1, 0.15) is 0 Å². The van der Waals surface area contributed by atoms with Crippen LogP contribution in [0.5, 0.6) is 0 Å². The molecule has 0 heterocycles. The molecular weight excluding hydrogens is 438 g/mol. The van der Waals surface area contributed by atoms with Crippen LogP contribution in [0.2, 0.25) is 0 Å². The van der Waals surface area contributed by atoms with Gasteiger partial charge in [0.25, 0.3) is 0 Å². The molecule has 0 bridgehead atoms. The van der Waals surface area contributed by atoms with Crippen LogP contribution in [0.25, 0.3) is 0 Å². The van der Waals surface area contributed by atoms with E-state index >= 15 is 0 Å². The molecule has 0 radical (unpaired) electrons. The van der Waals surface area contributed by atoms with E-state index in [1.165, 1.54) is 89.7 Å². The van der Waals surface area contributed by atoms with Gasteiger partial charge in [-0.05, 0) is 25.3 Å². The van der Waals surface area contributed by atoms with Gasteiger partial charge in [0.15, 0.2) is 0 Å². The molecule has 1 unspecified atom stereocenters. The van der Waals surface area contributed by atoms with Crippen LogP contribution in [0.15, 0.2) is 12.3 Å². The molecule has 0 saturated carbocycles. The topological polar surface area (TPSA) is 65.0 Å². The fraction of sp³-hybridized carbons (Fsp3) is 0.905. The average Bonchev–Trinajstić information content (AvgIpc) is 2.70. The number of unbranched alkanes of at least 4 members (excludes halogenated alkanes) is 14. The fourth-order valence-electron chi connectivity index (χ4n) is 2.95. The zero-order valence-electron chi connectivity index (χ0n) is 17.8. The first kappa shape index (κ1) is 32.8. The second-order valence-electron chi connectivity index (χ2n) is 7.27. The molecule has 0 fully saturated rings. The number of halogens is 1. The second-order valence-corrected chi connectivity index (χ2v) is 9.17. The molecule has 0 saturated heterocycles. The minimum atomic E-state index is -3.91. The van der Waals surface area contributed by atoms with Crippen molar-refractivity contribution in [3.05, 3.63) is 12.3 Å². The van der Waals surface area contributed by atoms with E-state index in [1.807, 2.05) is 0 Å². The van der Waals surface area contributed by atoms with Gasteiger partial charge in [-0.2, -0.15) is 0 Å². The van der Waals surface area contributed by atoms with Crippen molar-refractivity contribution in [1.29, 1.82) is 0 Å². The van der Waals surface area contributed by atoms with Gasteiger partial charge in [0, 0.05) is 5.88 Å². The van der Waals surface area contributed by atoms with Gasteiger partial charge in [-0.15, -0.1) is 16.3 Å². The third-order valence-corrected chi connectivity index (χ3v) is 5.98. The van der Waals surface area contributed by atoms with E-state index in [2.05, 4.69) is 11.6 Å². The van der Waals surface area contributed by atoms with Crippen molar-refractivity contribution < 1.29 is 23.5 Å². The van der Waals surface area contributed by atoms with Crippen molar-refractivity contribution >= 4 is 70.8 Å². The van der Waals surface area contributed by atoms with Gasteiger partial charge in [0.05, 0.1) is 12.9 Å². The third-order valence-electron chi connectivity index (χ3n) is 4.64. The van der Waals surface area contributed by atoms with Crippen molar-refractivity contribution in [3.63, 3.8) is 0 Å². The van der Waals surface area contributed by atoms with Crippen molar-refractivity contribution in [3.8, 4) is 0 Å². The Kier molecular flexibility index (Phi) is 29.2. The molecular formula is C21H43ClKO5P. The van der Waals surface area contributed by atoms with Crippen molar-refractivity contribution in [2.45, 2.75) is 110 Å². The minimum absolute atomic E-state index is 0. The van der Waals surface area contributed by atoms with Gasteiger partial charge in [-0.1, -0.05) is 90.4 Å². The molecule has 29 heavy (non-hydrogen) atoms. The van der Waals surface area contributed by atoms with Gasteiger partial charge < -0.3 is 4.52 Å². The summed E-state index contributed by atoms with van der Waals surface area (Å²) in [5.74, 6) is 0.375. The summed E-state index contributed by atoms with van der Waals surface area (Å²) in [4.78, 5) is 0. The SMILES string of the molecule is CCCCCCCCCCCCCCCCC=COP(=O)(OO)OCCCCl.[KH]. The molecule has 0 aliphatic carbocycles. The molecule has 0 amide bonds. The van der Waals surface area contributed by atoms with E-state index in [9.17, 15) is 4.57 Å². The zero-order valence-corrected chi connectivity index (χ0v) is 19.4. The summed E-state index contributed by atoms with van der Waals surface area (Å²) in [7, 11) is -3.91. The van der Waals surface area contributed by atoms with Crippen molar-refractivity contribution in [2.75, 3.05) is 12.5 Å². The summed E-state index contributed by atoms with van der Waals surface area (Å²) in [5.41, 5.74) is 0. The third kappa shape index (κ3) is 24.1. The summed E-state index contributed by atoms with van der Waals surface area (Å²) in [6.07, 6.45) is 23.0. The van der Waals surface area contributed by atoms with Crippen molar-refractivity contribution in [1.82, 2.24) is 0 Å². The molecule has 1 atom stereocenters. The predicted octanol–water partition coefficient (Wildman–Crippen LogP) is 7.98. The number of hydrogen-bond acceptors (Lipinski definition) is 5. The molecule has 8 heteroatoms. The van der Waals surface area contributed by atoms with Gasteiger partial charge in [-0.25, -0.2) is 9.82 Å². The van der Waals surface area contributed by atoms with Crippen LogP contribution in [0.4, 0.5) is 0 Å². The Morgan fingerprint density at radius 3 is 1.76 bits per heavy atom. The Bertz CT molecular complexity index is 399. The van der Waals surface area contributed by atoms with Gasteiger partial charge in [0.2, 0.25) is 0 Å². The van der Waals surface area contributed by atoms with E-state index in [-0.39, 0.29) is 58.0 Å². The van der Waals surface area contributed by atoms with E-state index in [1.54, 1.807) is 6.08 Å². The van der Waals surface area contributed by atoms with Crippen LogP contribution in [-0.4, -0.2) is 69.1 Å². The van der Waals surface area contributed by atoms with Gasteiger partial charge in [-0.3, -0.25) is 4.52 Å². The molecule has 0 spiro atoms. The van der Waals surface area contributed by atoms with E-state index in [4.69, 9.17) is 25.9 Å². The number of alkyl halides is 1. The van der Waals surface area contributed by atoms with Crippen LogP contribution in [0.1, 0.15) is 110 Å². The standard InChI is InChI=1S/C21H42ClO5P.K.H/c1-2-3-4-5-6-7-8-9-10-11-12-13-14-15-16-17-20-25-28(24,27-23)26-21-18-19-22;;/h17,20,23H,2-16,18-19,21H2,1H3;;. The molecule has 1 N–H and O–H groups in total. The Labute approximate surface area is 226 Å². The summed E-state index contributed by atoms with van der Waals surface area (Å²) in [6, 6.07) is 0. The Balaban J connectivity index is 0. The maximum atomic E-state index is 11.8. The molecule has 0 aliphatic heterocycles. The number of allylic oxidation sites excluding steroid dienone is 1. The molecule has 0 aromatic heterocycles. The molecule has 0 aromatic rings. The first-order chi connectivity index (χ1) is 13.7. The van der Waals surface area contributed by atoms with Gasteiger partial charge >= 0.3 is 59.2 Å². The second kappa shape index (κ2) is 25.8. The fourth-order valence-corrected chi connectivity index (χ4v) is 3.79. The van der Waals surface area contributed by atoms with E-state index in [0.29, 0.717) is 12.3 Å². The number of phosphoric acid groups is 1. The summed E-state index contributed by atoms with van der Waals surface area (Å²) in [6.45, 7) is 2.37. The van der Waals surface area contributed by atoms with Crippen LogP contribution in [0.3, 0.4) is 0 Å². The zero-order chi connectivity index (χ0) is 20.8. The molecule has 0 aliphatic rings. The number of hydrogen-bond donors (Lipinski definition) is 1. The first-order valence-electron chi connectivity index (χ1n) is 11.2. The number of rotatable bonds is 22. The Morgan fingerprint density at radius 2 is 1.31 bits per heavy atom. The van der Waals surface area contributed by atoms with Crippen LogP contribution in [-0.2, 0) is 18.3 Å². The average molecular weight is 481 g/mol.